The van der Waals surface area contributed by atoms with Crippen molar-refractivity contribution in [3.8, 4) is 0 Å². The van der Waals surface area contributed by atoms with Crippen LogP contribution in [0.25, 0.3) is 0 Å². The summed E-state index contributed by atoms with van der Waals surface area (Å²) in [6.45, 7) is 2.36. The third-order valence-electron chi connectivity index (χ3n) is 4.31. The third-order valence-corrected chi connectivity index (χ3v) is 4.31. The van der Waals surface area contributed by atoms with Gasteiger partial charge in [0, 0.05) is 6.54 Å². The summed E-state index contributed by atoms with van der Waals surface area (Å²) in [5.41, 5.74) is -0.699. The molecule has 21 heavy (non-hydrogen) atoms. The van der Waals surface area contributed by atoms with E-state index in [2.05, 4.69) is 17.6 Å². The number of urea groups is 1. The maximum absolute atomic E-state index is 13.4. The van der Waals surface area contributed by atoms with Crippen molar-refractivity contribution in [1.29, 1.82) is 0 Å². The van der Waals surface area contributed by atoms with Crippen molar-refractivity contribution in [2.45, 2.75) is 44.6 Å². The molecule has 0 saturated heterocycles. The van der Waals surface area contributed by atoms with Crippen LogP contribution in [0.2, 0.25) is 0 Å². The second-order valence-corrected chi connectivity index (χ2v) is 5.86. The van der Waals surface area contributed by atoms with Crippen molar-refractivity contribution in [1.82, 2.24) is 5.32 Å². The topological polar surface area (TPSA) is 61.4 Å². The van der Waals surface area contributed by atoms with Gasteiger partial charge < -0.3 is 15.7 Å². The van der Waals surface area contributed by atoms with E-state index in [0.29, 0.717) is 18.8 Å². The Morgan fingerprint density at radius 1 is 1.38 bits per heavy atom. The van der Waals surface area contributed by atoms with E-state index in [1.165, 1.54) is 12.1 Å². The van der Waals surface area contributed by atoms with E-state index in [9.17, 15) is 14.3 Å². The van der Waals surface area contributed by atoms with Gasteiger partial charge >= 0.3 is 6.03 Å². The molecule has 0 aliphatic heterocycles. The molecule has 1 aromatic carbocycles. The Kier molecular flexibility index (Phi) is 5.17. The Hall–Kier alpha value is -1.62. The Morgan fingerprint density at radius 2 is 2.05 bits per heavy atom. The first-order valence-corrected chi connectivity index (χ1v) is 7.54. The van der Waals surface area contributed by atoms with Crippen molar-refractivity contribution in [2.75, 3.05) is 11.9 Å². The summed E-state index contributed by atoms with van der Waals surface area (Å²) in [6, 6.07) is 5.50. The zero-order valence-corrected chi connectivity index (χ0v) is 12.4. The smallest absolute Gasteiger partial charge is 0.319 e. The molecule has 0 bridgehead atoms. The van der Waals surface area contributed by atoms with Crippen molar-refractivity contribution < 1.29 is 14.3 Å². The zero-order chi connectivity index (χ0) is 15.3. The summed E-state index contributed by atoms with van der Waals surface area (Å²) in [6.07, 6.45) is 4.52. The Balaban J connectivity index is 1.80. The van der Waals surface area contributed by atoms with E-state index in [0.717, 1.165) is 19.3 Å². The predicted molar refractivity (Wildman–Crippen MR) is 80.6 cm³/mol. The number of halogens is 1. The molecule has 2 rings (SSSR count). The van der Waals surface area contributed by atoms with Crippen LogP contribution < -0.4 is 10.6 Å². The van der Waals surface area contributed by atoms with Crippen LogP contribution in [0.3, 0.4) is 0 Å². The summed E-state index contributed by atoms with van der Waals surface area (Å²) >= 11 is 0. The molecule has 5 heteroatoms. The number of anilines is 1. The minimum Gasteiger partial charge on any atom is -0.388 e. The average Bonchev–Trinajstić information content (AvgIpc) is 2.49. The fourth-order valence-corrected chi connectivity index (χ4v) is 2.77. The van der Waals surface area contributed by atoms with Gasteiger partial charge in [0.2, 0.25) is 0 Å². The number of nitrogens with one attached hydrogen (secondary N) is 2. The molecule has 2 amide bonds. The molecule has 1 aromatic rings. The first kappa shape index (κ1) is 15.8. The normalized spacial score (nSPS) is 25.4. The molecule has 0 spiro atoms. The average molecular weight is 294 g/mol. The highest BCUT2D eigenvalue weighted by Gasteiger charge is 2.32. The molecule has 4 nitrogen and oxygen atoms in total. The molecule has 116 valence electrons. The summed E-state index contributed by atoms with van der Waals surface area (Å²) in [4.78, 5) is 11.8. The number of hydrogen-bond acceptors (Lipinski definition) is 2. The molecule has 3 N–H and O–H groups in total. The number of amides is 2. The summed E-state index contributed by atoms with van der Waals surface area (Å²) in [5.74, 6) is 0.201. The standard InChI is InChI=1S/C16H23FN2O2/c1-2-12-7-9-16(21,10-8-12)11-18-15(20)19-14-6-4-3-5-13(14)17/h3-6,12,21H,2,7-11H2,1H3,(H2,18,19,20). The highest BCUT2D eigenvalue weighted by atomic mass is 19.1. The van der Waals surface area contributed by atoms with Gasteiger partial charge in [-0.2, -0.15) is 0 Å². The molecular formula is C16H23FN2O2. The third kappa shape index (κ3) is 4.43. The highest BCUT2D eigenvalue weighted by molar-refractivity contribution is 5.89. The van der Waals surface area contributed by atoms with Gasteiger partial charge in [0.25, 0.3) is 0 Å². The number of para-hydroxylation sites is 1. The van der Waals surface area contributed by atoms with E-state index < -0.39 is 17.4 Å². The van der Waals surface area contributed by atoms with Crippen molar-refractivity contribution in [3.63, 3.8) is 0 Å². The molecule has 1 saturated carbocycles. The molecule has 1 aliphatic rings. The highest BCUT2D eigenvalue weighted by Crippen LogP contribution is 2.33. The van der Waals surface area contributed by atoms with Crippen LogP contribution in [-0.4, -0.2) is 23.3 Å². The molecular weight excluding hydrogens is 271 g/mol. The lowest BCUT2D eigenvalue weighted by molar-refractivity contribution is -0.00612. The van der Waals surface area contributed by atoms with Crippen molar-refractivity contribution in [2.24, 2.45) is 5.92 Å². The molecule has 1 aliphatic carbocycles. The van der Waals surface area contributed by atoms with E-state index in [-0.39, 0.29) is 12.2 Å². The van der Waals surface area contributed by atoms with Gasteiger partial charge in [-0.05, 0) is 43.7 Å². The lowest BCUT2D eigenvalue weighted by Crippen LogP contribution is -2.46. The van der Waals surface area contributed by atoms with Gasteiger partial charge in [-0.3, -0.25) is 0 Å². The summed E-state index contributed by atoms with van der Waals surface area (Å²) in [7, 11) is 0. The van der Waals surface area contributed by atoms with E-state index in [4.69, 9.17) is 0 Å². The van der Waals surface area contributed by atoms with Crippen molar-refractivity contribution >= 4 is 11.7 Å². The van der Waals surface area contributed by atoms with Gasteiger partial charge in [-0.25, -0.2) is 9.18 Å². The Labute approximate surface area is 124 Å². The second-order valence-electron chi connectivity index (χ2n) is 5.86. The minimum atomic E-state index is -0.835. The van der Waals surface area contributed by atoms with E-state index >= 15 is 0 Å². The van der Waals surface area contributed by atoms with Crippen molar-refractivity contribution in [3.05, 3.63) is 30.1 Å². The summed E-state index contributed by atoms with van der Waals surface area (Å²) < 4.78 is 13.4. The van der Waals surface area contributed by atoms with E-state index in [1.807, 2.05) is 0 Å². The molecule has 0 heterocycles. The van der Waals surface area contributed by atoms with Crippen LogP contribution in [0.4, 0.5) is 14.9 Å². The zero-order valence-electron chi connectivity index (χ0n) is 12.4. The maximum Gasteiger partial charge on any atom is 0.319 e. The number of hydrogen-bond donors (Lipinski definition) is 3. The minimum absolute atomic E-state index is 0.136. The van der Waals surface area contributed by atoms with E-state index in [1.54, 1.807) is 12.1 Å². The largest absolute Gasteiger partial charge is 0.388 e. The van der Waals surface area contributed by atoms with Crippen LogP contribution >= 0.6 is 0 Å². The van der Waals surface area contributed by atoms with Gasteiger partial charge in [0.05, 0.1) is 11.3 Å². The monoisotopic (exact) mass is 294 g/mol. The molecule has 0 radical (unpaired) electrons. The number of aliphatic hydroxyl groups is 1. The van der Waals surface area contributed by atoms with Gasteiger partial charge in [0.15, 0.2) is 0 Å². The van der Waals surface area contributed by atoms with Crippen LogP contribution in [0, 0.1) is 11.7 Å². The van der Waals surface area contributed by atoms with Gasteiger partial charge in [0.1, 0.15) is 5.82 Å². The lowest BCUT2D eigenvalue weighted by Gasteiger charge is -2.35. The summed E-state index contributed by atoms with van der Waals surface area (Å²) in [5, 5.41) is 15.5. The van der Waals surface area contributed by atoms with Gasteiger partial charge in [-0.1, -0.05) is 25.5 Å². The van der Waals surface area contributed by atoms with Crippen LogP contribution in [0.15, 0.2) is 24.3 Å². The van der Waals surface area contributed by atoms with Crippen LogP contribution in [0.1, 0.15) is 39.0 Å². The Bertz CT molecular complexity index is 485. The first-order chi connectivity index (χ1) is 10.0. The van der Waals surface area contributed by atoms with Crippen LogP contribution in [-0.2, 0) is 0 Å². The number of benzene rings is 1. The maximum atomic E-state index is 13.4. The van der Waals surface area contributed by atoms with Gasteiger partial charge in [-0.15, -0.1) is 0 Å². The predicted octanol–water partition coefficient (Wildman–Crippen LogP) is 3.28. The molecule has 0 atom stereocenters. The number of rotatable bonds is 4. The first-order valence-electron chi connectivity index (χ1n) is 7.54. The second kappa shape index (κ2) is 6.89. The quantitative estimate of drug-likeness (QED) is 0.798. The SMILES string of the molecule is CCC1CCC(O)(CNC(=O)Nc2ccccc2F)CC1. The lowest BCUT2D eigenvalue weighted by atomic mass is 9.78. The number of carbonyl (C=O) groups is 1. The molecule has 0 unspecified atom stereocenters. The number of carbonyl (C=O) groups excluding carboxylic acids is 1. The fraction of sp³-hybridized carbons (Fsp3) is 0.562. The molecule has 1 fully saturated rings. The van der Waals surface area contributed by atoms with Crippen LogP contribution in [0.5, 0.6) is 0 Å². The fourth-order valence-electron chi connectivity index (χ4n) is 2.77. The Morgan fingerprint density at radius 3 is 2.67 bits per heavy atom. The molecule has 0 aromatic heterocycles.